The van der Waals surface area contributed by atoms with Crippen molar-refractivity contribution in [1.29, 1.82) is 0 Å². The SMILES string of the molecule is Nc1nc(CN2CCCCC2)nc2c1N=C(N1CCOCC1)CS2. The van der Waals surface area contributed by atoms with Crippen LogP contribution in [-0.2, 0) is 11.3 Å². The van der Waals surface area contributed by atoms with Crippen LogP contribution in [0.1, 0.15) is 25.1 Å². The van der Waals surface area contributed by atoms with Crippen molar-refractivity contribution in [2.75, 3.05) is 50.9 Å². The molecular weight excluding hydrogens is 324 g/mol. The first-order valence-corrected chi connectivity index (χ1v) is 9.70. The zero-order valence-electron chi connectivity index (χ0n) is 13.9. The van der Waals surface area contributed by atoms with E-state index >= 15 is 0 Å². The van der Waals surface area contributed by atoms with Gasteiger partial charge in [-0.05, 0) is 25.9 Å². The highest BCUT2D eigenvalue weighted by Gasteiger charge is 2.24. The summed E-state index contributed by atoms with van der Waals surface area (Å²) in [6.07, 6.45) is 3.86. The molecule has 4 heterocycles. The number of hydrogen-bond acceptors (Lipinski definition) is 8. The third-order valence-corrected chi connectivity index (χ3v) is 5.65. The Labute approximate surface area is 146 Å². The van der Waals surface area contributed by atoms with Crippen LogP contribution in [0.3, 0.4) is 0 Å². The number of rotatable bonds is 2. The normalized spacial score (nSPS) is 22.2. The van der Waals surface area contributed by atoms with E-state index < -0.39 is 0 Å². The Balaban J connectivity index is 1.52. The minimum absolute atomic E-state index is 0.505. The van der Waals surface area contributed by atoms with Crippen molar-refractivity contribution in [3.63, 3.8) is 0 Å². The number of amidine groups is 1. The van der Waals surface area contributed by atoms with E-state index in [4.69, 9.17) is 20.4 Å². The molecule has 2 fully saturated rings. The fourth-order valence-corrected chi connectivity index (χ4v) is 4.34. The van der Waals surface area contributed by atoms with Crippen LogP contribution in [0.5, 0.6) is 0 Å². The number of thioether (sulfide) groups is 1. The number of morpholine rings is 1. The maximum Gasteiger partial charge on any atom is 0.154 e. The zero-order valence-corrected chi connectivity index (χ0v) is 14.7. The first-order chi connectivity index (χ1) is 11.8. The van der Waals surface area contributed by atoms with Gasteiger partial charge in [0.25, 0.3) is 0 Å². The fraction of sp³-hybridized carbons (Fsp3) is 0.688. The lowest BCUT2D eigenvalue weighted by Gasteiger charge is -2.31. The summed E-state index contributed by atoms with van der Waals surface area (Å²) in [4.78, 5) is 18.7. The third kappa shape index (κ3) is 3.50. The van der Waals surface area contributed by atoms with E-state index in [0.29, 0.717) is 5.82 Å². The number of aliphatic imine (C=N–C) groups is 1. The van der Waals surface area contributed by atoms with Gasteiger partial charge in [0, 0.05) is 13.1 Å². The summed E-state index contributed by atoms with van der Waals surface area (Å²) in [5.74, 6) is 3.23. The molecule has 1 aromatic rings. The first kappa shape index (κ1) is 16.1. The lowest BCUT2D eigenvalue weighted by molar-refractivity contribution is 0.0679. The van der Waals surface area contributed by atoms with Crippen molar-refractivity contribution in [1.82, 2.24) is 19.8 Å². The van der Waals surface area contributed by atoms with Gasteiger partial charge in [-0.1, -0.05) is 18.2 Å². The summed E-state index contributed by atoms with van der Waals surface area (Å²) in [6.45, 7) is 6.36. The van der Waals surface area contributed by atoms with E-state index in [0.717, 1.165) is 74.1 Å². The summed E-state index contributed by atoms with van der Waals surface area (Å²) in [5, 5.41) is 0.923. The van der Waals surface area contributed by atoms with Crippen molar-refractivity contribution >= 4 is 29.1 Å². The minimum atomic E-state index is 0.505. The van der Waals surface area contributed by atoms with Gasteiger partial charge < -0.3 is 15.4 Å². The van der Waals surface area contributed by atoms with Crippen molar-refractivity contribution in [3.8, 4) is 0 Å². The Morgan fingerprint density at radius 1 is 1.04 bits per heavy atom. The van der Waals surface area contributed by atoms with Crippen LogP contribution >= 0.6 is 11.8 Å². The van der Waals surface area contributed by atoms with Gasteiger partial charge in [0.15, 0.2) is 5.82 Å². The standard InChI is InChI=1S/C16H24N6OS/c17-15-14-16(19-12(18-15)10-21-4-2-1-3-5-21)24-11-13(20-14)22-6-8-23-9-7-22/h1-11H2,(H2,17,18,19). The van der Waals surface area contributed by atoms with Crippen LogP contribution in [0.15, 0.2) is 10.0 Å². The summed E-state index contributed by atoms with van der Waals surface area (Å²) >= 11 is 1.72. The molecule has 0 bridgehead atoms. The van der Waals surface area contributed by atoms with Crippen molar-refractivity contribution in [2.24, 2.45) is 4.99 Å². The minimum Gasteiger partial charge on any atom is -0.382 e. The molecule has 3 aliphatic heterocycles. The van der Waals surface area contributed by atoms with E-state index in [1.54, 1.807) is 11.8 Å². The number of aromatic nitrogens is 2. The van der Waals surface area contributed by atoms with Crippen molar-refractivity contribution < 1.29 is 4.74 Å². The molecule has 0 aliphatic carbocycles. The highest BCUT2D eigenvalue weighted by molar-refractivity contribution is 8.00. The number of nitrogens with two attached hydrogens (primary N) is 1. The Morgan fingerprint density at radius 3 is 2.62 bits per heavy atom. The van der Waals surface area contributed by atoms with Gasteiger partial charge in [-0.3, -0.25) is 4.90 Å². The van der Waals surface area contributed by atoms with Gasteiger partial charge in [-0.2, -0.15) is 0 Å². The number of nitrogens with zero attached hydrogens (tertiary/aromatic N) is 5. The van der Waals surface area contributed by atoms with Gasteiger partial charge in [0.05, 0.1) is 25.5 Å². The summed E-state index contributed by atoms with van der Waals surface area (Å²) in [7, 11) is 0. The number of anilines is 1. The largest absolute Gasteiger partial charge is 0.382 e. The van der Waals surface area contributed by atoms with Gasteiger partial charge >= 0.3 is 0 Å². The maximum absolute atomic E-state index is 6.21. The molecule has 7 nitrogen and oxygen atoms in total. The second kappa shape index (κ2) is 7.25. The smallest absolute Gasteiger partial charge is 0.154 e. The van der Waals surface area contributed by atoms with Crippen molar-refractivity contribution in [3.05, 3.63) is 5.82 Å². The molecule has 0 aromatic carbocycles. The maximum atomic E-state index is 6.21. The molecule has 130 valence electrons. The second-order valence-corrected chi connectivity index (χ2v) is 7.40. The second-order valence-electron chi connectivity index (χ2n) is 6.43. The first-order valence-electron chi connectivity index (χ1n) is 8.71. The molecule has 3 aliphatic rings. The van der Waals surface area contributed by atoms with Crippen molar-refractivity contribution in [2.45, 2.75) is 30.8 Å². The molecule has 0 atom stereocenters. The average molecular weight is 348 g/mol. The molecule has 0 saturated carbocycles. The number of nitrogen functional groups attached to an aromatic ring is 1. The number of fused-ring (bicyclic) bond motifs is 1. The molecule has 0 unspecified atom stereocenters. The Hall–Kier alpha value is -1.38. The Bertz CT molecular complexity index is 625. The molecule has 2 N–H and O–H groups in total. The number of piperidine rings is 1. The summed E-state index contributed by atoms with van der Waals surface area (Å²) < 4.78 is 5.41. The number of hydrogen-bond donors (Lipinski definition) is 1. The molecule has 0 radical (unpaired) electrons. The van der Waals surface area contributed by atoms with Gasteiger partial charge in [-0.15, -0.1) is 0 Å². The van der Waals surface area contributed by atoms with E-state index in [1.807, 2.05) is 0 Å². The molecule has 2 saturated heterocycles. The fourth-order valence-electron chi connectivity index (χ4n) is 3.37. The average Bonchev–Trinajstić information content (AvgIpc) is 2.63. The molecule has 4 rings (SSSR count). The van der Waals surface area contributed by atoms with Crippen LogP contribution in [-0.4, -0.2) is 70.7 Å². The Morgan fingerprint density at radius 2 is 1.83 bits per heavy atom. The molecular formula is C16H24N6OS. The predicted octanol–water partition coefficient (Wildman–Crippen LogP) is 1.51. The van der Waals surface area contributed by atoms with E-state index in [-0.39, 0.29) is 0 Å². The zero-order chi connectivity index (χ0) is 16.4. The molecule has 0 spiro atoms. The summed E-state index contributed by atoms with van der Waals surface area (Å²) in [5.41, 5.74) is 6.95. The number of likely N-dealkylation sites (tertiary alicyclic amines) is 1. The number of ether oxygens (including phenoxy) is 1. The molecule has 8 heteroatoms. The van der Waals surface area contributed by atoms with E-state index in [1.165, 1.54) is 19.3 Å². The van der Waals surface area contributed by atoms with Crippen LogP contribution in [0.2, 0.25) is 0 Å². The van der Waals surface area contributed by atoms with Crippen LogP contribution < -0.4 is 5.73 Å². The Kier molecular flexibility index (Phi) is 4.86. The van der Waals surface area contributed by atoms with Crippen LogP contribution in [0, 0.1) is 0 Å². The monoisotopic (exact) mass is 348 g/mol. The summed E-state index contributed by atoms with van der Waals surface area (Å²) in [6, 6.07) is 0. The lowest BCUT2D eigenvalue weighted by Crippen LogP contribution is -2.42. The highest BCUT2D eigenvalue weighted by atomic mass is 32.2. The van der Waals surface area contributed by atoms with Crippen LogP contribution in [0.25, 0.3) is 0 Å². The van der Waals surface area contributed by atoms with E-state index in [9.17, 15) is 0 Å². The van der Waals surface area contributed by atoms with E-state index in [2.05, 4.69) is 14.8 Å². The molecule has 24 heavy (non-hydrogen) atoms. The van der Waals surface area contributed by atoms with Crippen LogP contribution in [0.4, 0.5) is 11.5 Å². The molecule has 1 aromatic heterocycles. The van der Waals surface area contributed by atoms with Gasteiger partial charge in [0.2, 0.25) is 0 Å². The predicted molar refractivity (Wildman–Crippen MR) is 95.8 cm³/mol. The van der Waals surface area contributed by atoms with Gasteiger partial charge in [0.1, 0.15) is 22.4 Å². The highest BCUT2D eigenvalue weighted by Crippen LogP contribution is 2.36. The third-order valence-electron chi connectivity index (χ3n) is 4.69. The quantitative estimate of drug-likeness (QED) is 0.812. The topological polar surface area (TPSA) is 79.9 Å². The lowest BCUT2D eigenvalue weighted by atomic mass is 10.1. The molecule has 0 amide bonds. The van der Waals surface area contributed by atoms with Gasteiger partial charge in [-0.25, -0.2) is 15.0 Å².